The Hall–Kier alpha value is -3.07. The number of nitrogens with two attached hydrogens (primary N) is 1. The molecule has 2 N–H and O–H groups in total. The largest absolute Gasteiger partial charge is 0.456 e. The number of carbonyl (C=O) groups is 1. The molecule has 0 saturated carbocycles. The van der Waals surface area contributed by atoms with Gasteiger partial charge in [-0.1, -0.05) is 18.2 Å². The van der Waals surface area contributed by atoms with Crippen LogP contribution in [0.15, 0.2) is 71.1 Å². The lowest BCUT2D eigenvalue weighted by atomic mass is 10.0. The Kier molecular flexibility index (Phi) is 2.73. The quantitative estimate of drug-likeness (QED) is 0.439. The van der Waals surface area contributed by atoms with Gasteiger partial charge in [0.15, 0.2) is 5.78 Å². The smallest absolute Gasteiger partial charge is 0.193 e. The first-order valence-corrected chi connectivity index (χ1v) is 7.04. The van der Waals surface area contributed by atoms with E-state index in [1.54, 1.807) is 30.3 Å². The van der Waals surface area contributed by atoms with Crippen molar-refractivity contribution >= 4 is 33.4 Å². The topological polar surface area (TPSA) is 56.2 Å². The summed E-state index contributed by atoms with van der Waals surface area (Å²) in [4.78, 5) is 12.6. The summed E-state index contributed by atoms with van der Waals surface area (Å²) in [6.45, 7) is 0. The highest BCUT2D eigenvalue weighted by molar-refractivity contribution is 6.13. The van der Waals surface area contributed by atoms with Crippen molar-refractivity contribution in [3.63, 3.8) is 0 Å². The molecule has 0 fully saturated rings. The van der Waals surface area contributed by atoms with E-state index >= 15 is 0 Å². The number of furan rings is 1. The lowest BCUT2D eigenvalue weighted by Crippen LogP contribution is -2.01. The van der Waals surface area contributed by atoms with Crippen LogP contribution in [0.1, 0.15) is 15.9 Å². The van der Waals surface area contributed by atoms with E-state index in [1.807, 2.05) is 36.4 Å². The van der Waals surface area contributed by atoms with E-state index in [1.165, 1.54) is 0 Å². The molecule has 0 spiro atoms. The molecule has 0 aliphatic rings. The number of benzene rings is 3. The third-order valence-corrected chi connectivity index (χ3v) is 3.81. The van der Waals surface area contributed by atoms with Crippen LogP contribution in [-0.2, 0) is 0 Å². The van der Waals surface area contributed by atoms with E-state index in [0.717, 1.165) is 21.9 Å². The first-order valence-electron chi connectivity index (χ1n) is 7.04. The zero-order valence-corrected chi connectivity index (χ0v) is 11.7. The van der Waals surface area contributed by atoms with Crippen molar-refractivity contribution in [2.45, 2.75) is 0 Å². The van der Waals surface area contributed by atoms with E-state index in [-0.39, 0.29) is 5.78 Å². The number of hydrogen-bond donors (Lipinski definition) is 1. The summed E-state index contributed by atoms with van der Waals surface area (Å²) in [7, 11) is 0. The first kappa shape index (κ1) is 12.7. The third kappa shape index (κ3) is 1.95. The molecule has 3 nitrogen and oxygen atoms in total. The maximum atomic E-state index is 12.6. The van der Waals surface area contributed by atoms with E-state index < -0.39 is 0 Å². The van der Waals surface area contributed by atoms with Gasteiger partial charge in [-0.25, -0.2) is 0 Å². The SMILES string of the molecule is Nc1ccc(C(=O)c2ccc3oc4ccccc4c3c2)cc1. The monoisotopic (exact) mass is 287 g/mol. The Bertz CT molecular complexity index is 997. The Balaban J connectivity index is 1.86. The maximum Gasteiger partial charge on any atom is 0.193 e. The van der Waals surface area contributed by atoms with Crippen LogP contribution in [0.5, 0.6) is 0 Å². The van der Waals surface area contributed by atoms with Crippen molar-refractivity contribution in [3.05, 3.63) is 77.9 Å². The lowest BCUT2D eigenvalue weighted by Gasteiger charge is -2.02. The van der Waals surface area contributed by atoms with Gasteiger partial charge in [-0.05, 0) is 48.5 Å². The summed E-state index contributed by atoms with van der Waals surface area (Å²) in [5.41, 5.74) is 9.19. The van der Waals surface area contributed by atoms with Crippen molar-refractivity contribution in [2.75, 3.05) is 5.73 Å². The number of ketones is 1. The van der Waals surface area contributed by atoms with Gasteiger partial charge in [0.05, 0.1) is 0 Å². The molecule has 0 aliphatic heterocycles. The molecule has 0 amide bonds. The number of hydrogen-bond acceptors (Lipinski definition) is 3. The van der Waals surface area contributed by atoms with E-state index in [4.69, 9.17) is 10.2 Å². The van der Waals surface area contributed by atoms with Crippen LogP contribution in [0.2, 0.25) is 0 Å². The van der Waals surface area contributed by atoms with Crippen LogP contribution in [0.4, 0.5) is 5.69 Å². The summed E-state index contributed by atoms with van der Waals surface area (Å²) >= 11 is 0. The standard InChI is InChI=1S/C19H13NO2/c20-14-8-5-12(6-9-14)19(21)13-7-10-18-16(11-13)15-3-1-2-4-17(15)22-18/h1-11H,20H2. The normalized spacial score (nSPS) is 11.1. The molecule has 0 atom stereocenters. The van der Waals surface area contributed by atoms with Crippen molar-refractivity contribution in [1.82, 2.24) is 0 Å². The predicted molar refractivity (Wildman–Crippen MR) is 88.0 cm³/mol. The second-order valence-electron chi connectivity index (χ2n) is 5.26. The van der Waals surface area contributed by atoms with Gasteiger partial charge in [0.1, 0.15) is 11.2 Å². The zero-order valence-electron chi connectivity index (χ0n) is 11.7. The van der Waals surface area contributed by atoms with E-state index in [2.05, 4.69) is 0 Å². The highest BCUT2D eigenvalue weighted by atomic mass is 16.3. The highest BCUT2D eigenvalue weighted by Gasteiger charge is 2.12. The summed E-state index contributed by atoms with van der Waals surface area (Å²) in [6.07, 6.45) is 0. The van der Waals surface area contributed by atoms with Crippen molar-refractivity contribution < 1.29 is 9.21 Å². The fourth-order valence-electron chi connectivity index (χ4n) is 2.67. The number of rotatable bonds is 2. The second-order valence-corrected chi connectivity index (χ2v) is 5.26. The minimum Gasteiger partial charge on any atom is -0.456 e. The number of nitrogen functional groups attached to an aromatic ring is 1. The molecule has 106 valence electrons. The van der Waals surface area contributed by atoms with Gasteiger partial charge in [-0.15, -0.1) is 0 Å². The van der Waals surface area contributed by atoms with Gasteiger partial charge in [0.25, 0.3) is 0 Å². The molecule has 0 radical (unpaired) electrons. The Morgan fingerprint density at radius 2 is 1.45 bits per heavy atom. The Morgan fingerprint density at radius 3 is 2.27 bits per heavy atom. The number of para-hydroxylation sites is 1. The first-order chi connectivity index (χ1) is 10.7. The highest BCUT2D eigenvalue weighted by Crippen LogP contribution is 2.29. The lowest BCUT2D eigenvalue weighted by molar-refractivity contribution is 0.103. The molecule has 0 unspecified atom stereocenters. The average molecular weight is 287 g/mol. The van der Waals surface area contributed by atoms with Crippen LogP contribution in [0.3, 0.4) is 0 Å². The Morgan fingerprint density at radius 1 is 0.773 bits per heavy atom. The third-order valence-electron chi connectivity index (χ3n) is 3.81. The van der Waals surface area contributed by atoms with Crippen molar-refractivity contribution in [2.24, 2.45) is 0 Å². The van der Waals surface area contributed by atoms with Gasteiger partial charge >= 0.3 is 0 Å². The number of fused-ring (bicyclic) bond motifs is 3. The molecule has 22 heavy (non-hydrogen) atoms. The summed E-state index contributed by atoms with van der Waals surface area (Å²) in [5, 5.41) is 1.97. The van der Waals surface area contributed by atoms with Crippen LogP contribution in [-0.4, -0.2) is 5.78 Å². The summed E-state index contributed by atoms with van der Waals surface area (Å²) in [5.74, 6) is -0.0211. The molecule has 3 heteroatoms. The number of carbonyl (C=O) groups excluding carboxylic acids is 1. The van der Waals surface area contributed by atoms with Gasteiger partial charge < -0.3 is 10.2 Å². The minimum absolute atomic E-state index is 0.0211. The van der Waals surface area contributed by atoms with Gasteiger partial charge in [0, 0.05) is 27.6 Å². The predicted octanol–water partition coefficient (Wildman–Crippen LogP) is 4.40. The van der Waals surface area contributed by atoms with Gasteiger partial charge in [-0.3, -0.25) is 4.79 Å². The molecule has 1 heterocycles. The molecular formula is C19H13NO2. The second kappa shape index (κ2) is 4.74. The van der Waals surface area contributed by atoms with Crippen LogP contribution < -0.4 is 5.73 Å². The molecule has 4 aromatic rings. The van der Waals surface area contributed by atoms with Crippen LogP contribution >= 0.6 is 0 Å². The fraction of sp³-hybridized carbons (Fsp3) is 0. The molecule has 1 aromatic heterocycles. The van der Waals surface area contributed by atoms with Crippen LogP contribution in [0, 0.1) is 0 Å². The van der Waals surface area contributed by atoms with Crippen molar-refractivity contribution in [3.8, 4) is 0 Å². The molecule has 0 bridgehead atoms. The Labute approximate surface area is 127 Å². The molecule has 3 aromatic carbocycles. The molecule has 0 saturated heterocycles. The van der Waals surface area contributed by atoms with Gasteiger partial charge in [0.2, 0.25) is 0 Å². The summed E-state index contributed by atoms with van der Waals surface area (Å²) in [6, 6.07) is 20.3. The minimum atomic E-state index is -0.0211. The maximum absolute atomic E-state index is 12.6. The molecule has 0 aliphatic carbocycles. The van der Waals surface area contributed by atoms with E-state index in [9.17, 15) is 4.79 Å². The van der Waals surface area contributed by atoms with Crippen molar-refractivity contribution in [1.29, 1.82) is 0 Å². The average Bonchev–Trinajstić information content (AvgIpc) is 2.92. The van der Waals surface area contributed by atoms with E-state index in [0.29, 0.717) is 16.8 Å². The van der Waals surface area contributed by atoms with Crippen LogP contribution in [0.25, 0.3) is 21.9 Å². The summed E-state index contributed by atoms with van der Waals surface area (Å²) < 4.78 is 5.78. The number of anilines is 1. The molecular weight excluding hydrogens is 274 g/mol. The fourth-order valence-corrected chi connectivity index (χ4v) is 2.67. The van der Waals surface area contributed by atoms with Gasteiger partial charge in [-0.2, -0.15) is 0 Å². The zero-order chi connectivity index (χ0) is 15.1. The molecule has 4 rings (SSSR count).